The minimum Gasteiger partial charge on any atom is -0.361 e. The number of carbonyl (C=O) groups excluding carboxylic acids is 1. The van der Waals surface area contributed by atoms with Crippen molar-refractivity contribution < 1.29 is 18.7 Å². The molecule has 0 unspecified atom stereocenters. The number of carbonyl (C=O) groups is 1. The lowest BCUT2D eigenvalue weighted by Gasteiger charge is -2.27. The first-order valence-corrected chi connectivity index (χ1v) is 21.6. The number of ether oxygens (including phenoxy) is 2. The molecule has 0 radical (unpaired) electrons. The van der Waals surface area contributed by atoms with Gasteiger partial charge in [0, 0.05) is 52.1 Å². The van der Waals surface area contributed by atoms with Gasteiger partial charge >= 0.3 is 0 Å². The number of aldehydes is 1. The molecule has 0 atom stereocenters. The molecule has 3 heterocycles. The number of benzene rings is 1. The van der Waals surface area contributed by atoms with Crippen LogP contribution in [-0.2, 0) is 9.47 Å². The summed E-state index contributed by atoms with van der Waals surface area (Å²) in [7, 11) is -2.54. The van der Waals surface area contributed by atoms with Gasteiger partial charge in [-0.15, -0.1) is 0 Å². The molecule has 0 aliphatic heterocycles. The Morgan fingerprint density at radius 1 is 1.00 bits per heavy atom. The van der Waals surface area contributed by atoms with Gasteiger partial charge in [-0.05, 0) is 52.3 Å². The van der Waals surface area contributed by atoms with E-state index in [1.54, 1.807) is 23.0 Å². The number of nitrogens with zero attached hydrogens (tertiary/aromatic N) is 5. The highest BCUT2D eigenvalue weighted by atomic mass is 79.9. The van der Waals surface area contributed by atoms with E-state index in [4.69, 9.17) is 9.47 Å². The zero-order chi connectivity index (χ0) is 29.1. The van der Waals surface area contributed by atoms with Crippen LogP contribution in [0.15, 0.2) is 41.1 Å². The zero-order valence-corrected chi connectivity index (χ0v) is 27.6. The van der Waals surface area contributed by atoms with E-state index in [1.165, 1.54) is 12.1 Å². The van der Waals surface area contributed by atoms with Crippen molar-refractivity contribution in [3.63, 3.8) is 0 Å². The Morgan fingerprint density at radius 3 is 2.25 bits per heavy atom. The van der Waals surface area contributed by atoms with Gasteiger partial charge in [0.1, 0.15) is 25.0 Å². The first-order chi connectivity index (χ1) is 18.9. The number of anilines is 1. The van der Waals surface area contributed by atoms with Crippen LogP contribution in [0.1, 0.15) is 10.5 Å². The molecule has 4 rings (SSSR count). The standard InChI is InChI=1S/C28H37BrFN5O3Si2/c1-39(2,3)11-9-37-18-34(19-38-10-12-40(4,5)6)28-26(29)25(17-36)33-27-23(16-32-35(27)28)21-13-20-14-22(30)7-8-24(20)31-15-21/h7-8,13-17H,9-12,18-19H2,1-6H3. The van der Waals surface area contributed by atoms with Crippen LogP contribution in [0.4, 0.5) is 10.2 Å². The van der Waals surface area contributed by atoms with Gasteiger partial charge in [-0.25, -0.2) is 9.37 Å². The van der Waals surface area contributed by atoms with E-state index < -0.39 is 16.1 Å². The Kier molecular flexibility index (Phi) is 9.56. The third kappa shape index (κ3) is 7.61. The van der Waals surface area contributed by atoms with Crippen molar-refractivity contribution in [3.8, 4) is 11.1 Å². The lowest BCUT2D eigenvalue weighted by molar-refractivity contribution is 0.0940. The molecule has 12 heteroatoms. The van der Waals surface area contributed by atoms with E-state index in [0.717, 1.165) is 17.7 Å². The van der Waals surface area contributed by atoms with Crippen LogP contribution in [0.3, 0.4) is 0 Å². The number of rotatable bonds is 13. The fourth-order valence-corrected chi connectivity index (χ4v) is 6.16. The Morgan fingerprint density at radius 2 is 1.65 bits per heavy atom. The minimum absolute atomic E-state index is 0.234. The third-order valence-electron chi connectivity index (χ3n) is 6.44. The van der Waals surface area contributed by atoms with Crippen LogP contribution >= 0.6 is 15.9 Å². The monoisotopic (exact) mass is 645 g/mol. The maximum atomic E-state index is 13.9. The Labute approximate surface area is 245 Å². The number of fused-ring (bicyclic) bond motifs is 2. The predicted molar refractivity (Wildman–Crippen MR) is 167 cm³/mol. The van der Waals surface area contributed by atoms with Crippen LogP contribution in [-0.4, -0.2) is 68.7 Å². The summed E-state index contributed by atoms with van der Waals surface area (Å²) in [5.41, 5.74) is 2.79. The van der Waals surface area contributed by atoms with Gasteiger partial charge in [0.05, 0.1) is 16.2 Å². The van der Waals surface area contributed by atoms with Crippen LogP contribution in [0.5, 0.6) is 0 Å². The molecule has 8 nitrogen and oxygen atoms in total. The Balaban J connectivity index is 1.74. The molecule has 40 heavy (non-hydrogen) atoms. The average Bonchev–Trinajstić information content (AvgIpc) is 3.29. The fourth-order valence-electron chi connectivity index (χ4n) is 4.05. The van der Waals surface area contributed by atoms with Gasteiger partial charge in [-0.1, -0.05) is 39.3 Å². The molecule has 0 saturated carbocycles. The number of hydrogen-bond acceptors (Lipinski definition) is 7. The van der Waals surface area contributed by atoms with E-state index in [2.05, 4.69) is 70.3 Å². The highest BCUT2D eigenvalue weighted by Crippen LogP contribution is 2.34. The van der Waals surface area contributed by atoms with Crippen LogP contribution in [0.2, 0.25) is 51.4 Å². The second-order valence-electron chi connectivity index (χ2n) is 12.3. The number of hydrogen-bond donors (Lipinski definition) is 0. The van der Waals surface area contributed by atoms with Crippen molar-refractivity contribution in [1.82, 2.24) is 19.6 Å². The summed E-state index contributed by atoms with van der Waals surface area (Å²) in [5, 5.41) is 5.32. The molecule has 0 spiro atoms. The Hall–Kier alpha value is -2.52. The fraction of sp³-hybridized carbons (Fsp3) is 0.429. The molecule has 0 N–H and O–H groups in total. The van der Waals surface area contributed by atoms with E-state index in [-0.39, 0.29) is 25.0 Å². The van der Waals surface area contributed by atoms with Crippen molar-refractivity contribution in [3.05, 3.63) is 52.6 Å². The molecular formula is C28H37BrFN5O3Si2. The number of aromatic nitrogens is 4. The van der Waals surface area contributed by atoms with Gasteiger partial charge in [-0.3, -0.25) is 9.78 Å². The number of pyridine rings is 1. The van der Waals surface area contributed by atoms with Gasteiger partial charge in [0.2, 0.25) is 0 Å². The molecule has 4 aromatic rings. The molecule has 0 amide bonds. The van der Waals surface area contributed by atoms with Crippen molar-refractivity contribution in [1.29, 1.82) is 0 Å². The first kappa shape index (κ1) is 30.4. The van der Waals surface area contributed by atoms with Gasteiger partial charge in [0.25, 0.3) is 0 Å². The molecule has 3 aromatic heterocycles. The van der Waals surface area contributed by atoms with E-state index in [9.17, 15) is 9.18 Å². The minimum atomic E-state index is -1.27. The normalized spacial score (nSPS) is 12.4. The second kappa shape index (κ2) is 12.6. The predicted octanol–water partition coefficient (Wildman–Crippen LogP) is 7.09. The third-order valence-corrected chi connectivity index (χ3v) is 10.6. The largest absolute Gasteiger partial charge is 0.361 e. The molecule has 0 saturated heterocycles. The lowest BCUT2D eigenvalue weighted by atomic mass is 10.1. The van der Waals surface area contributed by atoms with Crippen LogP contribution < -0.4 is 4.90 Å². The highest BCUT2D eigenvalue weighted by molar-refractivity contribution is 9.10. The maximum Gasteiger partial charge on any atom is 0.169 e. The van der Waals surface area contributed by atoms with Gasteiger partial charge < -0.3 is 14.4 Å². The number of halogens is 2. The Bertz CT molecular complexity index is 1480. The zero-order valence-electron chi connectivity index (χ0n) is 24.0. The van der Waals surface area contributed by atoms with Crippen molar-refractivity contribution >= 4 is 60.7 Å². The van der Waals surface area contributed by atoms with Crippen LogP contribution in [0, 0.1) is 5.82 Å². The SMILES string of the molecule is C[Si](C)(C)CCOCN(COCC[Si](C)(C)C)c1c(Br)c(C=O)nc2c(-c3cnc4ccc(F)cc4c3)cnn12. The molecule has 214 valence electrons. The second-order valence-corrected chi connectivity index (χ2v) is 24.4. The summed E-state index contributed by atoms with van der Waals surface area (Å²) in [6.07, 6.45) is 4.11. The van der Waals surface area contributed by atoms with Crippen molar-refractivity contribution in [2.45, 2.75) is 51.4 Å². The smallest absolute Gasteiger partial charge is 0.169 e. The van der Waals surface area contributed by atoms with E-state index >= 15 is 0 Å². The molecule has 0 fully saturated rings. The lowest BCUT2D eigenvalue weighted by Crippen LogP contribution is -2.33. The van der Waals surface area contributed by atoms with E-state index in [0.29, 0.717) is 51.9 Å². The van der Waals surface area contributed by atoms with Gasteiger partial charge in [0.15, 0.2) is 17.8 Å². The molecular weight excluding hydrogens is 609 g/mol. The molecule has 1 aromatic carbocycles. The first-order valence-electron chi connectivity index (χ1n) is 13.3. The quantitative estimate of drug-likeness (QED) is 0.0664. The summed E-state index contributed by atoms with van der Waals surface area (Å²) in [5.74, 6) is 0.275. The molecule has 0 aliphatic carbocycles. The van der Waals surface area contributed by atoms with E-state index in [1.807, 2.05) is 11.0 Å². The van der Waals surface area contributed by atoms with Crippen LogP contribution in [0.25, 0.3) is 27.7 Å². The van der Waals surface area contributed by atoms with Crippen molar-refractivity contribution in [2.24, 2.45) is 0 Å². The summed E-state index contributed by atoms with van der Waals surface area (Å²) in [6.45, 7) is 15.7. The topological polar surface area (TPSA) is 81.9 Å². The summed E-state index contributed by atoms with van der Waals surface area (Å²) in [6, 6.07) is 8.39. The van der Waals surface area contributed by atoms with Gasteiger partial charge in [-0.2, -0.15) is 9.61 Å². The molecule has 0 bridgehead atoms. The van der Waals surface area contributed by atoms with Crippen molar-refractivity contribution in [2.75, 3.05) is 31.6 Å². The summed E-state index contributed by atoms with van der Waals surface area (Å²) < 4.78 is 28.4. The average molecular weight is 647 g/mol. The summed E-state index contributed by atoms with van der Waals surface area (Å²) >= 11 is 3.60. The maximum absolute atomic E-state index is 13.9. The highest BCUT2D eigenvalue weighted by Gasteiger charge is 2.24. The summed E-state index contributed by atoms with van der Waals surface area (Å²) in [4.78, 5) is 23.2. The molecule has 0 aliphatic rings.